The second-order valence-corrected chi connectivity index (χ2v) is 7.99. The molecule has 1 N–H and O–H groups in total. The summed E-state index contributed by atoms with van der Waals surface area (Å²) in [6.07, 6.45) is 1.67. The highest BCUT2D eigenvalue weighted by atomic mass is 32.2. The van der Waals surface area contributed by atoms with Crippen LogP contribution < -0.4 is 14.2 Å². The van der Waals surface area contributed by atoms with Crippen LogP contribution in [-0.4, -0.2) is 32.4 Å². The summed E-state index contributed by atoms with van der Waals surface area (Å²) in [5.41, 5.74) is 2.05. The van der Waals surface area contributed by atoms with Gasteiger partial charge in [-0.05, 0) is 24.3 Å². The van der Waals surface area contributed by atoms with Gasteiger partial charge < -0.3 is 9.47 Å². The highest BCUT2D eigenvalue weighted by molar-refractivity contribution is 7.94. The molecule has 9 heteroatoms. The maximum Gasteiger partial charge on any atom is 0.271 e. The molecular formula is C16H17N3O4S2. The van der Waals surface area contributed by atoms with Crippen LogP contribution in [0.15, 0.2) is 46.1 Å². The molecule has 0 bridgehead atoms. The van der Waals surface area contributed by atoms with E-state index in [1.165, 1.54) is 14.2 Å². The minimum Gasteiger partial charge on any atom is -0.493 e. The van der Waals surface area contributed by atoms with Crippen molar-refractivity contribution in [2.75, 3.05) is 18.9 Å². The Morgan fingerprint density at radius 2 is 1.88 bits per heavy atom. The van der Waals surface area contributed by atoms with E-state index in [1.54, 1.807) is 40.5 Å². The molecule has 0 amide bonds. The Morgan fingerprint density at radius 3 is 2.52 bits per heavy atom. The van der Waals surface area contributed by atoms with Gasteiger partial charge in [-0.3, -0.25) is 9.40 Å². The summed E-state index contributed by atoms with van der Waals surface area (Å²) < 4.78 is 40.1. The van der Waals surface area contributed by atoms with Crippen molar-refractivity contribution < 1.29 is 17.9 Å². The second-order valence-electron chi connectivity index (χ2n) is 5.17. The number of aromatic nitrogens is 2. The molecule has 132 valence electrons. The highest BCUT2D eigenvalue weighted by Crippen LogP contribution is 2.32. The molecule has 0 unspecified atom stereocenters. The average molecular weight is 379 g/mol. The summed E-state index contributed by atoms with van der Waals surface area (Å²) >= 11 is 1.15. The van der Waals surface area contributed by atoms with Gasteiger partial charge in [0.25, 0.3) is 10.0 Å². The van der Waals surface area contributed by atoms with E-state index < -0.39 is 10.0 Å². The largest absolute Gasteiger partial charge is 0.493 e. The fourth-order valence-electron chi connectivity index (χ4n) is 2.35. The molecule has 0 fully saturated rings. The minimum atomic E-state index is -3.70. The van der Waals surface area contributed by atoms with Gasteiger partial charge in [0.2, 0.25) is 0 Å². The molecule has 2 aromatic heterocycles. The lowest BCUT2D eigenvalue weighted by atomic mass is 10.2. The molecule has 7 nitrogen and oxygen atoms in total. The number of aryl methyl sites for hydroxylation is 1. The Hall–Kier alpha value is -2.52. The molecule has 3 aromatic rings. The fourth-order valence-corrected chi connectivity index (χ4v) is 4.58. The van der Waals surface area contributed by atoms with Crippen molar-refractivity contribution in [2.45, 2.75) is 4.21 Å². The van der Waals surface area contributed by atoms with Gasteiger partial charge in [-0.15, -0.1) is 11.3 Å². The number of nitrogens with zero attached hydrogens (tertiary/aromatic N) is 2. The van der Waals surface area contributed by atoms with Crippen LogP contribution in [0.4, 0.5) is 5.69 Å². The number of thiophene rings is 1. The molecule has 0 atom stereocenters. The first-order chi connectivity index (χ1) is 11.9. The quantitative estimate of drug-likeness (QED) is 0.712. The third kappa shape index (κ3) is 3.47. The van der Waals surface area contributed by atoms with E-state index in [2.05, 4.69) is 9.82 Å². The molecule has 1 aromatic carbocycles. The number of methoxy groups -OCH3 is 2. The minimum absolute atomic E-state index is 0.221. The number of nitrogens with one attached hydrogen (secondary N) is 1. The van der Waals surface area contributed by atoms with Gasteiger partial charge in [0.15, 0.2) is 11.5 Å². The number of hydrogen-bond donors (Lipinski definition) is 1. The van der Waals surface area contributed by atoms with Crippen LogP contribution in [0.5, 0.6) is 11.5 Å². The summed E-state index contributed by atoms with van der Waals surface area (Å²) in [7, 11) is 1.13. The lowest BCUT2D eigenvalue weighted by Crippen LogP contribution is -2.11. The number of anilines is 1. The molecule has 25 heavy (non-hydrogen) atoms. The lowest BCUT2D eigenvalue weighted by Gasteiger charge is -2.11. The normalized spacial score (nSPS) is 11.3. The van der Waals surface area contributed by atoms with Gasteiger partial charge in [-0.25, -0.2) is 8.42 Å². The van der Waals surface area contributed by atoms with Crippen LogP contribution in [0.2, 0.25) is 0 Å². The summed E-state index contributed by atoms with van der Waals surface area (Å²) in [5.74, 6) is 0.976. The number of ether oxygens (including phenoxy) is 2. The number of benzene rings is 1. The third-order valence-electron chi connectivity index (χ3n) is 3.59. The van der Waals surface area contributed by atoms with E-state index in [4.69, 9.17) is 9.47 Å². The van der Waals surface area contributed by atoms with Crippen molar-refractivity contribution in [3.05, 3.63) is 41.9 Å². The number of rotatable bonds is 6. The smallest absolute Gasteiger partial charge is 0.271 e. The van der Waals surface area contributed by atoms with E-state index in [9.17, 15) is 8.42 Å². The van der Waals surface area contributed by atoms with Gasteiger partial charge in [0, 0.05) is 30.3 Å². The van der Waals surface area contributed by atoms with Crippen LogP contribution in [0.1, 0.15) is 0 Å². The topological polar surface area (TPSA) is 82.5 Å². The predicted molar refractivity (Wildman–Crippen MR) is 96.9 cm³/mol. The predicted octanol–water partition coefficient (Wildman–Crippen LogP) is 2.97. The molecule has 3 rings (SSSR count). The summed E-state index contributed by atoms with van der Waals surface area (Å²) in [6, 6.07) is 8.30. The molecule has 2 heterocycles. The van der Waals surface area contributed by atoms with Crippen LogP contribution in [0, 0.1) is 0 Å². The Morgan fingerprint density at radius 1 is 1.12 bits per heavy atom. The van der Waals surface area contributed by atoms with Gasteiger partial charge >= 0.3 is 0 Å². The number of sulfonamides is 1. The van der Waals surface area contributed by atoms with E-state index in [0.29, 0.717) is 17.2 Å². The van der Waals surface area contributed by atoms with E-state index in [-0.39, 0.29) is 4.21 Å². The lowest BCUT2D eigenvalue weighted by molar-refractivity contribution is 0.355. The van der Waals surface area contributed by atoms with Crippen molar-refractivity contribution in [3.8, 4) is 22.8 Å². The Kier molecular flexibility index (Phi) is 4.69. The summed E-state index contributed by atoms with van der Waals surface area (Å²) in [4.78, 5) is 0. The first-order valence-corrected chi connectivity index (χ1v) is 9.62. The van der Waals surface area contributed by atoms with Gasteiger partial charge in [0.05, 0.1) is 25.6 Å². The van der Waals surface area contributed by atoms with Crippen LogP contribution >= 0.6 is 11.3 Å². The Labute approximate surface area is 149 Å². The molecule has 0 aliphatic rings. The zero-order valence-electron chi connectivity index (χ0n) is 13.9. The SMILES string of the molecule is COc1ccc(NS(=O)(=O)c2cc(-c3ccnn3C)cs2)cc1OC. The van der Waals surface area contributed by atoms with E-state index in [0.717, 1.165) is 22.6 Å². The average Bonchev–Trinajstić information content (AvgIpc) is 3.23. The highest BCUT2D eigenvalue weighted by Gasteiger charge is 2.19. The van der Waals surface area contributed by atoms with Crippen LogP contribution in [0.25, 0.3) is 11.3 Å². The van der Waals surface area contributed by atoms with Gasteiger partial charge in [0.1, 0.15) is 4.21 Å². The third-order valence-corrected chi connectivity index (χ3v) is 6.41. The van der Waals surface area contributed by atoms with Crippen LogP contribution in [0.3, 0.4) is 0 Å². The first kappa shape index (κ1) is 17.3. The van der Waals surface area contributed by atoms with Gasteiger partial charge in [-0.2, -0.15) is 5.10 Å². The summed E-state index contributed by atoms with van der Waals surface area (Å²) in [6.45, 7) is 0. The fraction of sp³-hybridized carbons (Fsp3) is 0.188. The zero-order valence-corrected chi connectivity index (χ0v) is 15.5. The van der Waals surface area contributed by atoms with E-state index >= 15 is 0 Å². The van der Waals surface area contributed by atoms with Gasteiger partial charge in [-0.1, -0.05) is 0 Å². The van der Waals surface area contributed by atoms with Crippen molar-refractivity contribution in [1.82, 2.24) is 9.78 Å². The zero-order chi connectivity index (χ0) is 18.0. The van der Waals surface area contributed by atoms with Crippen molar-refractivity contribution >= 4 is 27.0 Å². The van der Waals surface area contributed by atoms with E-state index in [1.807, 2.05) is 13.1 Å². The molecule has 0 radical (unpaired) electrons. The maximum absolute atomic E-state index is 12.6. The van der Waals surface area contributed by atoms with Crippen LogP contribution in [-0.2, 0) is 17.1 Å². The molecule has 0 spiro atoms. The standard InChI is InChI=1S/C16H17N3O4S2/c1-19-13(6-7-17-19)11-8-16(24-10-11)25(20,21)18-12-4-5-14(22-2)15(9-12)23-3/h4-10,18H,1-3H3. The Bertz CT molecular complexity index is 992. The molecular weight excluding hydrogens is 362 g/mol. The monoisotopic (exact) mass is 379 g/mol. The first-order valence-electron chi connectivity index (χ1n) is 7.26. The molecule has 0 saturated carbocycles. The van der Waals surface area contributed by atoms with Crippen molar-refractivity contribution in [2.24, 2.45) is 7.05 Å². The second kappa shape index (κ2) is 6.77. The van der Waals surface area contributed by atoms with Crippen molar-refractivity contribution in [3.63, 3.8) is 0 Å². The number of hydrogen-bond acceptors (Lipinski definition) is 6. The molecule has 0 aliphatic heterocycles. The summed E-state index contributed by atoms with van der Waals surface area (Å²) in [5, 5.41) is 5.89. The Balaban J connectivity index is 1.88. The maximum atomic E-state index is 12.6. The van der Waals surface area contributed by atoms with Crippen molar-refractivity contribution in [1.29, 1.82) is 0 Å². The molecule has 0 aliphatic carbocycles. The molecule has 0 saturated heterocycles.